The van der Waals surface area contributed by atoms with E-state index in [1.807, 2.05) is 7.05 Å². The van der Waals surface area contributed by atoms with Crippen LogP contribution in [0.1, 0.15) is 0 Å². The van der Waals surface area contributed by atoms with E-state index >= 15 is 0 Å². The van der Waals surface area contributed by atoms with Gasteiger partial charge >= 0.3 is 0 Å². The molecule has 0 aromatic carbocycles. The number of rotatable bonds is 1. The van der Waals surface area contributed by atoms with Crippen molar-refractivity contribution >= 4 is 22.9 Å². The van der Waals surface area contributed by atoms with Gasteiger partial charge in [-0.2, -0.15) is 4.99 Å². The molecule has 0 spiro atoms. The van der Waals surface area contributed by atoms with Crippen molar-refractivity contribution in [2.75, 3.05) is 0 Å². The SMILES string of the molecule is Cn1cnc2ncnc(N=C(N)N)c21. The summed E-state index contributed by atoms with van der Waals surface area (Å²) in [4.78, 5) is 15.9. The Labute approximate surface area is 79.5 Å². The molecule has 0 aliphatic rings. The van der Waals surface area contributed by atoms with Gasteiger partial charge in [-0.3, -0.25) is 0 Å². The summed E-state index contributed by atoms with van der Waals surface area (Å²) in [6.45, 7) is 0. The minimum absolute atomic E-state index is 0.0359. The lowest BCUT2D eigenvalue weighted by Gasteiger charge is -1.97. The van der Waals surface area contributed by atoms with Crippen molar-refractivity contribution in [1.82, 2.24) is 19.5 Å². The van der Waals surface area contributed by atoms with Crippen molar-refractivity contribution < 1.29 is 0 Å². The van der Waals surface area contributed by atoms with Gasteiger partial charge in [0.05, 0.1) is 6.33 Å². The predicted molar refractivity (Wildman–Crippen MR) is 51.8 cm³/mol. The lowest BCUT2D eigenvalue weighted by Crippen LogP contribution is -2.22. The van der Waals surface area contributed by atoms with E-state index in [2.05, 4.69) is 19.9 Å². The second-order valence-corrected chi connectivity index (χ2v) is 2.76. The lowest BCUT2D eigenvalue weighted by molar-refractivity contribution is 0.944. The van der Waals surface area contributed by atoms with Crippen molar-refractivity contribution in [3.8, 4) is 0 Å². The van der Waals surface area contributed by atoms with E-state index in [0.717, 1.165) is 0 Å². The average Bonchev–Trinajstić information content (AvgIpc) is 2.48. The second-order valence-electron chi connectivity index (χ2n) is 2.76. The molecule has 14 heavy (non-hydrogen) atoms. The Morgan fingerprint density at radius 3 is 2.86 bits per heavy atom. The van der Waals surface area contributed by atoms with Crippen LogP contribution in [-0.2, 0) is 7.05 Å². The van der Waals surface area contributed by atoms with Crippen molar-refractivity contribution in [2.24, 2.45) is 23.5 Å². The molecule has 2 aromatic heterocycles. The fourth-order valence-corrected chi connectivity index (χ4v) is 1.17. The van der Waals surface area contributed by atoms with E-state index in [4.69, 9.17) is 11.5 Å². The molecular weight excluding hydrogens is 182 g/mol. The molecule has 0 saturated heterocycles. The number of aromatic nitrogens is 4. The zero-order valence-electron chi connectivity index (χ0n) is 7.55. The van der Waals surface area contributed by atoms with E-state index in [0.29, 0.717) is 17.0 Å². The maximum atomic E-state index is 5.27. The summed E-state index contributed by atoms with van der Waals surface area (Å²) in [5.74, 6) is 0.390. The summed E-state index contributed by atoms with van der Waals surface area (Å²) in [6.07, 6.45) is 3.00. The van der Waals surface area contributed by atoms with Crippen LogP contribution in [0.2, 0.25) is 0 Å². The monoisotopic (exact) mass is 191 g/mol. The highest BCUT2D eigenvalue weighted by Crippen LogP contribution is 2.19. The molecular formula is C7H9N7. The molecule has 0 amide bonds. The van der Waals surface area contributed by atoms with Crippen LogP contribution in [0.4, 0.5) is 5.82 Å². The van der Waals surface area contributed by atoms with Crippen LogP contribution in [0.5, 0.6) is 0 Å². The largest absolute Gasteiger partial charge is 0.370 e. The first kappa shape index (κ1) is 8.42. The maximum absolute atomic E-state index is 5.27. The van der Waals surface area contributed by atoms with Crippen LogP contribution >= 0.6 is 0 Å². The van der Waals surface area contributed by atoms with Crippen LogP contribution in [0.3, 0.4) is 0 Å². The van der Waals surface area contributed by atoms with E-state index in [1.54, 1.807) is 10.9 Å². The van der Waals surface area contributed by atoms with Crippen molar-refractivity contribution in [3.05, 3.63) is 12.7 Å². The topological polar surface area (TPSA) is 108 Å². The fraction of sp³-hybridized carbons (Fsp3) is 0.143. The standard InChI is InChI=1S/C7H9N7/c1-14-3-12-5-4(14)6(11-2-10-5)13-7(8)9/h2-3H,1H3,(H4,8,9,10,11,13). The Kier molecular flexibility index (Phi) is 1.77. The summed E-state index contributed by atoms with van der Waals surface area (Å²) < 4.78 is 1.76. The van der Waals surface area contributed by atoms with Crippen LogP contribution in [0, 0.1) is 0 Å². The number of aliphatic imine (C=N–C) groups is 1. The van der Waals surface area contributed by atoms with Gasteiger partial charge in [0.1, 0.15) is 11.8 Å². The third kappa shape index (κ3) is 1.24. The first-order valence-electron chi connectivity index (χ1n) is 3.90. The second kappa shape index (κ2) is 2.95. The van der Waals surface area contributed by atoms with Crippen LogP contribution in [0.25, 0.3) is 11.2 Å². The third-order valence-electron chi connectivity index (χ3n) is 1.72. The minimum Gasteiger partial charge on any atom is -0.370 e. The molecule has 7 heteroatoms. The highest BCUT2D eigenvalue weighted by Gasteiger charge is 2.07. The average molecular weight is 191 g/mol. The molecule has 0 fully saturated rings. The molecule has 2 rings (SSSR count). The third-order valence-corrected chi connectivity index (χ3v) is 1.72. The van der Waals surface area contributed by atoms with E-state index in [9.17, 15) is 0 Å². The number of fused-ring (bicyclic) bond motifs is 1. The predicted octanol–water partition coefficient (Wildman–Crippen LogP) is -0.732. The molecule has 0 unspecified atom stereocenters. The molecule has 4 N–H and O–H groups in total. The zero-order chi connectivity index (χ0) is 10.1. The van der Waals surface area contributed by atoms with Crippen molar-refractivity contribution in [2.45, 2.75) is 0 Å². The van der Waals surface area contributed by atoms with Crippen LogP contribution in [-0.4, -0.2) is 25.5 Å². The molecule has 0 bridgehead atoms. The molecule has 0 atom stereocenters. The Hall–Kier alpha value is -2.18. The highest BCUT2D eigenvalue weighted by molar-refractivity contribution is 5.86. The van der Waals surface area contributed by atoms with Crippen molar-refractivity contribution in [1.29, 1.82) is 0 Å². The Balaban J connectivity index is 2.75. The highest BCUT2D eigenvalue weighted by atomic mass is 15.1. The number of nitrogens with zero attached hydrogens (tertiary/aromatic N) is 5. The molecule has 0 aliphatic heterocycles. The summed E-state index contributed by atoms with van der Waals surface area (Å²) in [5, 5.41) is 0. The van der Waals surface area contributed by atoms with E-state index in [-0.39, 0.29) is 5.96 Å². The van der Waals surface area contributed by atoms with E-state index < -0.39 is 0 Å². The van der Waals surface area contributed by atoms with Gasteiger partial charge in [-0.1, -0.05) is 0 Å². The zero-order valence-corrected chi connectivity index (χ0v) is 7.55. The minimum atomic E-state index is -0.0359. The van der Waals surface area contributed by atoms with E-state index in [1.165, 1.54) is 6.33 Å². The Morgan fingerprint density at radius 1 is 1.36 bits per heavy atom. The van der Waals surface area contributed by atoms with Crippen LogP contribution < -0.4 is 11.5 Å². The van der Waals surface area contributed by atoms with Gasteiger partial charge in [0.15, 0.2) is 17.4 Å². The molecule has 0 radical (unpaired) electrons. The summed E-state index contributed by atoms with van der Waals surface area (Å²) >= 11 is 0. The fourth-order valence-electron chi connectivity index (χ4n) is 1.17. The number of aryl methyl sites for hydroxylation is 1. The van der Waals surface area contributed by atoms with Gasteiger partial charge < -0.3 is 16.0 Å². The smallest absolute Gasteiger partial charge is 0.192 e. The van der Waals surface area contributed by atoms with Gasteiger partial charge in [0.2, 0.25) is 0 Å². The molecule has 7 nitrogen and oxygen atoms in total. The Bertz CT molecular complexity index is 494. The van der Waals surface area contributed by atoms with Gasteiger partial charge in [0.25, 0.3) is 0 Å². The molecule has 2 heterocycles. The van der Waals surface area contributed by atoms with Gasteiger partial charge in [0, 0.05) is 7.05 Å². The quantitative estimate of drug-likeness (QED) is 0.456. The molecule has 2 aromatic rings. The van der Waals surface area contributed by atoms with Gasteiger partial charge in [-0.15, -0.1) is 0 Å². The number of imidazole rings is 1. The first-order valence-corrected chi connectivity index (χ1v) is 3.90. The number of guanidine groups is 1. The Morgan fingerprint density at radius 2 is 2.14 bits per heavy atom. The number of nitrogens with two attached hydrogens (primary N) is 2. The number of hydrogen-bond acceptors (Lipinski definition) is 4. The van der Waals surface area contributed by atoms with Crippen LogP contribution in [0.15, 0.2) is 17.6 Å². The van der Waals surface area contributed by atoms with Gasteiger partial charge in [-0.25, -0.2) is 15.0 Å². The maximum Gasteiger partial charge on any atom is 0.192 e. The number of hydrogen-bond donors (Lipinski definition) is 2. The molecule has 72 valence electrons. The normalized spacial score (nSPS) is 10.4. The first-order chi connectivity index (χ1) is 6.68. The lowest BCUT2D eigenvalue weighted by atomic mass is 10.5. The molecule has 0 saturated carbocycles. The van der Waals surface area contributed by atoms with Gasteiger partial charge in [-0.05, 0) is 0 Å². The molecule has 0 aliphatic carbocycles. The summed E-state index contributed by atoms with van der Waals surface area (Å²) in [5.41, 5.74) is 11.8. The summed E-state index contributed by atoms with van der Waals surface area (Å²) in [7, 11) is 1.82. The van der Waals surface area contributed by atoms with Crippen molar-refractivity contribution in [3.63, 3.8) is 0 Å². The summed E-state index contributed by atoms with van der Waals surface area (Å²) in [6, 6.07) is 0.